The van der Waals surface area contributed by atoms with Gasteiger partial charge in [-0.15, -0.1) is 0 Å². The molecular formula is C39H46N8O6. The number of hydrogen-bond donors (Lipinski definition) is 4. The first kappa shape index (κ1) is 35.7. The molecule has 53 heavy (non-hydrogen) atoms. The van der Waals surface area contributed by atoms with Crippen LogP contribution in [-0.4, -0.2) is 90.7 Å². The molecule has 0 radical (unpaired) electrons. The van der Waals surface area contributed by atoms with Crippen molar-refractivity contribution in [1.82, 2.24) is 40.0 Å². The van der Waals surface area contributed by atoms with E-state index in [-0.39, 0.29) is 35.7 Å². The third-order valence-corrected chi connectivity index (χ3v) is 10.6. The van der Waals surface area contributed by atoms with E-state index in [2.05, 4.69) is 26.3 Å². The number of fused-ring (bicyclic) bond motifs is 4. The Morgan fingerprint density at radius 3 is 2.19 bits per heavy atom. The fourth-order valence-electron chi connectivity index (χ4n) is 7.96. The lowest BCUT2D eigenvalue weighted by atomic mass is 10.0. The van der Waals surface area contributed by atoms with Gasteiger partial charge in [0.2, 0.25) is 11.8 Å². The zero-order valence-corrected chi connectivity index (χ0v) is 30.6. The molecule has 14 nitrogen and oxygen atoms in total. The molecule has 2 saturated heterocycles. The number of ether oxygens (including phenoxy) is 1. The Morgan fingerprint density at radius 2 is 1.51 bits per heavy atom. The summed E-state index contributed by atoms with van der Waals surface area (Å²) in [6, 6.07) is 15.9. The first-order valence-corrected chi connectivity index (χ1v) is 18.3. The van der Waals surface area contributed by atoms with Crippen molar-refractivity contribution >= 4 is 56.8 Å². The Labute approximate surface area is 306 Å². The number of amides is 4. The van der Waals surface area contributed by atoms with Gasteiger partial charge in [0.25, 0.3) is 0 Å². The standard InChI is InChI=1S/C39H46N8O6/c1-21(2)31(43-38(50)51)36(48)46-19-9-13-30(46)35-41-26-10-6-7-11-28(26)47(35)24-15-16-25-23(20-24)14-17-27-33(25)42-34(40-27)29-12-8-18-45(29)37(49)32(22(3)4)44-39(52)53-5/h6-7,10-11,14-17,20-22,29-32,43H,8-9,12-13,18-19H2,1-5H3,(H,40,42)(H,44,52)(H,50,51)/t29-,30-,31-,32-/m0/s1. The van der Waals surface area contributed by atoms with E-state index in [0.29, 0.717) is 25.3 Å². The molecule has 278 valence electrons. The zero-order chi connectivity index (χ0) is 37.6. The number of benzene rings is 3. The van der Waals surface area contributed by atoms with Gasteiger partial charge in [-0.1, -0.05) is 52.0 Å². The van der Waals surface area contributed by atoms with E-state index in [1.807, 2.05) is 81.1 Å². The van der Waals surface area contributed by atoms with E-state index < -0.39 is 24.3 Å². The lowest BCUT2D eigenvalue weighted by molar-refractivity contribution is -0.136. The van der Waals surface area contributed by atoms with Gasteiger partial charge in [0, 0.05) is 24.2 Å². The smallest absolute Gasteiger partial charge is 0.407 e. The Bertz CT molecular complexity index is 2210. The number of para-hydroxylation sites is 2. The third-order valence-electron chi connectivity index (χ3n) is 10.6. The van der Waals surface area contributed by atoms with E-state index >= 15 is 0 Å². The largest absolute Gasteiger partial charge is 0.465 e. The molecule has 7 rings (SSSR count). The number of alkyl carbamates (subject to hydrolysis) is 1. The molecule has 4 heterocycles. The number of aromatic nitrogens is 4. The summed E-state index contributed by atoms with van der Waals surface area (Å²) in [6.45, 7) is 8.54. The van der Waals surface area contributed by atoms with E-state index in [1.165, 1.54) is 7.11 Å². The summed E-state index contributed by atoms with van der Waals surface area (Å²) in [4.78, 5) is 68.4. The van der Waals surface area contributed by atoms with Gasteiger partial charge in [0.05, 0.1) is 41.3 Å². The SMILES string of the molecule is COC(=O)N[C@H](C(=O)N1CCC[C@H]1c1nc2c(ccc3cc(-n4c([C@@H]5CCCN5C(=O)[C@@H](NC(=O)O)C(C)C)nc5ccccc54)ccc32)[nH]1)C(C)C. The van der Waals surface area contributed by atoms with Crippen molar-refractivity contribution in [2.45, 2.75) is 77.5 Å². The van der Waals surface area contributed by atoms with Crippen LogP contribution in [0, 0.1) is 11.8 Å². The van der Waals surface area contributed by atoms with Gasteiger partial charge in [-0.3, -0.25) is 14.2 Å². The van der Waals surface area contributed by atoms with E-state index in [4.69, 9.17) is 14.7 Å². The predicted molar refractivity (Wildman–Crippen MR) is 200 cm³/mol. The topological polar surface area (TPSA) is 175 Å². The van der Waals surface area contributed by atoms with Gasteiger partial charge in [-0.25, -0.2) is 19.6 Å². The molecule has 4 amide bonds. The third kappa shape index (κ3) is 6.62. The average Bonchev–Trinajstić information content (AvgIpc) is 3.96. The molecule has 2 aliphatic heterocycles. The number of carbonyl (C=O) groups is 4. The maximum atomic E-state index is 13.9. The zero-order valence-electron chi connectivity index (χ0n) is 30.6. The predicted octanol–water partition coefficient (Wildman–Crippen LogP) is 6.05. The first-order valence-electron chi connectivity index (χ1n) is 18.3. The first-order chi connectivity index (χ1) is 25.5. The molecule has 2 aromatic heterocycles. The number of nitrogens with zero attached hydrogens (tertiary/aromatic N) is 5. The average molecular weight is 723 g/mol. The number of imidazole rings is 2. The minimum atomic E-state index is -1.23. The van der Waals surface area contributed by atoms with E-state index in [1.54, 1.807) is 4.90 Å². The van der Waals surface area contributed by atoms with E-state index in [9.17, 15) is 24.3 Å². The maximum absolute atomic E-state index is 13.9. The fraction of sp³-hybridized carbons (Fsp3) is 0.436. The van der Waals surface area contributed by atoms with Crippen LogP contribution in [0.4, 0.5) is 9.59 Å². The number of carbonyl (C=O) groups excluding carboxylic acids is 3. The molecule has 0 spiro atoms. The number of aromatic amines is 1. The number of carboxylic acid groups (broad SMARTS) is 1. The molecule has 3 aromatic carbocycles. The molecule has 2 fully saturated rings. The monoisotopic (exact) mass is 722 g/mol. The van der Waals surface area contributed by atoms with Gasteiger partial charge < -0.3 is 35.3 Å². The quantitative estimate of drug-likeness (QED) is 0.142. The Morgan fingerprint density at radius 1 is 0.849 bits per heavy atom. The number of H-pyrrole nitrogens is 1. The lowest BCUT2D eigenvalue weighted by Crippen LogP contribution is -2.51. The number of rotatable bonds is 9. The number of likely N-dealkylation sites (tertiary alicyclic amines) is 2. The van der Waals surface area contributed by atoms with Crippen LogP contribution in [0.1, 0.15) is 77.1 Å². The van der Waals surface area contributed by atoms with E-state index in [0.717, 1.165) is 63.6 Å². The van der Waals surface area contributed by atoms with Crippen molar-refractivity contribution in [3.8, 4) is 5.69 Å². The molecule has 2 aliphatic rings. The second kappa shape index (κ2) is 14.4. The minimum Gasteiger partial charge on any atom is -0.465 e. The molecule has 0 aliphatic carbocycles. The van der Waals surface area contributed by atoms with Gasteiger partial charge in [-0.2, -0.15) is 0 Å². The highest BCUT2D eigenvalue weighted by Gasteiger charge is 2.40. The summed E-state index contributed by atoms with van der Waals surface area (Å²) in [5, 5.41) is 16.5. The molecular weight excluding hydrogens is 676 g/mol. The molecule has 14 heteroatoms. The summed E-state index contributed by atoms with van der Waals surface area (Å²) in [5.41, 5.74) is 4.24. The van der Waals surface area contributed by atoms with Crippen molar-refractivity contribution in [2.24, 2.45) is 11.8 Å². The maximum Gasteiger partial charge on any atom is 0.407 e. The van der Waals surface area contributed by atoms with Crippen LogP contribution in [-0.2, 0) is 14.3 Å². The molecule has 0 bridgehead atoms. The Kier molecular flexibility index (Phi) is 9.71. The highest BCUT2D eigenvalue weighted by Crippen LogP contribution is 2.38. The van der Waals surface area contributed by atoms with Gasteiger partial charge in [-0.05, 0) is 73.2 Å². The number of hydrogen-bond acceptors (Lipinski definition) is 7. The minimum absolute atomic E-state index is 0.132. The van der Waals surface area contributed by atoms with Crippen LogP contribution in [0.15, 0.2) is 54.6 Å². The van der Waals surface area contributed by atoms with Crippen LogP contribution in [0.2, 0.25) is 0 Å². The normalized spacial score (nSPS) is 18.7. The fourth-order valence-corrected chi connectivity index (χ4v) is 7.96. The van der Waals surface area contributed by atoms with Crippen molar-refractivity contribution in [2.75, 3.05) is 20.2 Å². The van der Waals surface area contributed by atoms with Gasteiger partial charge >= 0.3 is 12.2 Å². The van der Waals surface area contributed by atoms with Crippen molar-refractivity contribution < 1.29 is 29.0 Å². The molecule has 4 N–H and O–H groups in total. The van der Waals surface area contributed by atoms with Crippen molar-refractivity contribution in [3.05, 3.63) is 66.2 Å². The Balaban J connectivity index is 1.24. The van der Waals surface area contributed by atoms with Gasteiger partial charge in [0.1, 0.15) is 23.7 Å². The van der Waals surface area contributed by atoms with Gasteiger partial charge in [0.15, 0.2) is 0 Å². The molecule has 5 aromatic rings. The molecule has 0 unspecified atom stereocenters. The van der Waals surface area contributed by atoms with Crippen LogP contribution < -0.4 is 10.6 Å². The second-order valence-electron chi connectivity index (χ2n) is 14.7. The highest BCUT2D eigenvalue weighted by molar-refractivity contribution is 6.05. The van der Waals surface area contributed by atoms with Crippen LogP contribution in [0.5, 0.6) is 0 Å². The summed E-state index contributed by atoms with van der Waals surface area (Å²) >= 11 is 0. The van der Waals surface area contributed by atoms with Crippen LogP contribution in [0.3, 0.4) is 0 Å². The summed E-state index contributed by atoms with van der Waals surface area (Å²) in [7, 11) is 1.28. The van der Waals surface area contributed by atoms with Crippen LogP contribution >= 0.6 is 0 Å². The summed E-state index contributed by atoms with van der Waals surface area (Å²) in [6.07, 6.45) is 1.18. The second-order valence-corrected chi connectivity index (χ2v) is 14.7. The lowest BCUT2D eigenvalue weighted by Gasteiger charge is -2.30. The number of nitrogens with one attached hydrogen (secondary N) is 3. The summed E-state index contributed by atoms with van der Waals surface area (Å²) in [5.74, 6) is 0.662. The van der Waals surface area contributed by atoms with Crippen molar-refractivity contribution in [1.29, 1.82) is 0 Å². The van der Waals surface area contributed by atoms with Crippen molar-refractivity contribution in [3.63, 3.8) is 0 Å². The molecule has 4 atom stereocenters. The summed E-state index contributed by atoms with van der Waals surface area (Å²) < 4.78 is 6.89. The highest BCUT2D eigenvalue weighted by atomic mass is 16.5. The number of methoxy groups -OCH3 is 1. The van der Waals surface area contributed by atoms with Crippen LogP contribution in [0.25, 0.3) is 38.5 Å². The molecule has 0 saturated carbocycles. The Hall–Kier alpha value is -5.66.